The van der Waals surface area contributed by atoms with Crippen molar-refractivity contribution in [3.63, 3.8) is 0 Å². The highest BCUT2D eigenvalue weighted by atomic mass is 19.1. The number of hydrogen-bond acceptors (Lipinski definition) is 5. The smallest absolute Gasteiger partial charge is 0.270 e. The van der Waals surface area contributed by atoms with Crippen LogP contribution < -0.4 is 10.2 Å². The topological polar surface area (TPSA) is 92.6 Å². The second kappa shape index (κ2) is 8.58. The van der Waals surface area contributed by atoms with Crippen LogP contribution in [0.2, 0.25) is 0 Å². The van der Waals surface area contributed by atoms with Gasteiger partial charge in [0.05, 0.1) is 35.9 Å². The van der Waals surface area contributed by atoms with Crippen LogP contribution >= 0.6 is 0 Å². The maximum Gasteiger partial charge on any atom is 0.270 e. The predicted molar refractivity (Wildman–Crippen MR) is 97.0 cm³/mol. The van der Waals surface area contributed by atoms with Gasteiger partial charge in [-0.2, -0.15) is 5.26 Å². The third-order valence-corrected chi connectivity index (χ3v) is 4.73. The minimum atomic E-state index is -0.524. The molecule has 0 radical (unpaired) electrons. The zero-order chi connectivity index (χ0) is 19.2. The van der Waals surface area contributed by atoms with E-state index in [1.54, 1.807) is 18.2 Å². The van der Waals surface area contributed by atoms with E-state index in [1.807, 2.05) is 6.07 Å². The summed E-state index contributed by atoms with van der Waals surface area (Å²) in [5, 5.41) is 23.4. The molecule has 7 nitrogen and oxygen atoms in total. The number of morpholine rings is 1. The standard InChI is InChI=1S/C19H19FN4O3/c20-16-3-1-14(2-4-16)19(23-7-9-27-10-8-23)13-22-18-6-5-17(24(25)26)11-15(18)12-21/h1-6,11,19,22H,7-10,13H2/p+1/t19-/m1/s1. The minimum Gasteiger partial charge on any atom is -0.378 e. The highest BCUT2D eigenvalue weighted by molar-refractivity contribution is 5.61. The van der Waals surface area contributed by atoms with E-state index in [1.165, 1.54) is 29.2 Å². The molecule has 27 heavy (non-hydrogen) atoms. The van der Waals surface area contributed by atoms with Gasteiger partial charge in [0, 0.05) is 17.7 Å². The average molecular weight is 371 g/mol. The minimum absolute atomic E-state index is 0.0382. The molecule has 0 bridgehead atoms. The van der Waals surface area contributed by atoms with E-state index < -0.39 is 4.92 Å². The number of nitrogens with zero attached hydrogens (tertiary/aromatic N) is 2. The third-order valence-electron chi connectivity index (χ3n) is 4.73. The molecule has 0 unspecified atom stereocenters. The summed E-state index contributed by atoms with van der Waals surface area (Å²) in [6.45, 7) is 3.49. The summed E-state index contributed by atoms with van der Waals surface area (Å²) >= 11 is 0. The number of nitriles is 1. The Balaban J connectivity index is 1.81. The van der Waals surface area contributed by atoms with Crippen LogP contribution in [0.15, 0.2) is 42.5 Å². The van der Waals surface area contributed by atoms with Crippen molar-refractivity contribution in [1.82, 2.24) is 0 Å². The summed E-state index contributed by atoms with van der Waals surface area (Å²) in [4.78, 5) is 11.7. The number of quaternary nitrogens is 1. The van der Waals surface area contributed by atoms with Crippen molar-refractivity contribution in [2.45, 2.75) is 6.04 Å². The zero-order valence-corrected chi connectivity index (χ0v) is 14.7. The molecule has 1 atom stereocenters. The summed E-state index contributed by atoms with van der Waals surface area (Å²) in [5.41, 5.74) is 1.63. The molecule has 0 saturated carbocycles. The Kier molecular flexibility index (Phi) is 5.96. The fourth-order valence-electron chi connectivity index (χ4n) is 3.28. The lowest BCUT2D eigenvalue weighted by Gasteiger charge is -2.32. The molecule has 0 aliphatic carbocycles. The molecule has 8 heteroatoms. The first kappa shape index (κ1) is 18.8. The van der Waals surface area contributed by atoms with Crippen molar-refractivity contribution in [1.29, 1.82) is 5.26 Å². The molecule has 0 spiro atoms. The number of hydrogen-bond donors (Lipinski definition) is 2. The van der Waals surface area contributed by atoms with Crippen molar-refractivity contribution in [2.24, 2.45) is 0 Å². The molecule has 2 aromatic rings. The van der Waals surface area contributed by atoms with Crippen LogP contribution in [0.5, 0.6) is 0 Å². The van der Waals surface area contributed by atoms with Gasteiger partial charge in [0.15, 0.2) is 0 Å². The normalized spacial score (nSPS) is 15.7. The first-order valence-electron chi connectivity index (χ1n) is 8.68. The number of halogens is 1. The third kappa shape index (κ3) is 4.58. The lowest BCUT2D eigenvalue weighted by molar-refractivity contribution is -0.937. The van der Waals surface area contributed by atoms with Crippen LogP contribution in [0.4, 0.5) is 15.8 Å². The highest BCUT2D eigenvalue weighted by Crippen LogP contribution is 2.22. The van der Waals surface area contributed by atoms with E-state index in [0.29, 0.717) is 25.4 Å². The molecule has 3 rings (SSSR count). The molecule has 2 N–H and O–H groups in total. The summed E-state index contributed by atoms with van der Waals surface area (Å²) in [6, 6.07) is 12.6. The Labute approximate surface area is 156 Å². The van der Waals surface area contributed by atoms with Crippen LogP contribution in [0.1, 0.15) is 17.2 Å². The molecular formula is C19H20FN4O3+. The summed E-state index contributed by atoms with van der Waals surface area (Å²) in [7, 11) is 0. The van der Waals surface area contributed by atoms with Crippen molar-refractivity contribution < 1.29 is 19.0 Å². The monoisotopic (exact) mass is 371 g/mol. The Bertz CT molecular complexity index is 845. The van der Waals surface area contributed by atoms with Crippen molar-refractivity contribution in [3.8, 4) is 6.07 Å². The molecule has 2 aromatic carbocycles. The molecule has 140 valence electrons. The van der Waals surface area contributed by atoms with Gasteiger partial charge in [0.2, 0.25) is 0 Å². The van der Waals surface area contributed by atoms with Crippen molar-refractivity contribution in [3.05, 3.63) is 69.5 Å². The number of ether oxygens (including phenoxy) is 1. The van der Waals surface area contributed by atoms with E-state index in [2.05, 4.69) is 5.32 Å². The number of rotatable bonds is 6. The van der Waals surface area contributed by atoms with Gasteiger partial charge in [-0.3, -0.25) is 10.1 Å². The van der Waals surface area contributed by atoms with E-state index in [4.69, 9.17) is 4.74 Å². The van der Waals surface area contributed by atoms with Crippen molar-refractivity contribution in [2.75, 3.05) is 38.2 Å². The van der Waals surface area contributed by atoms with Crippen molar-refractivity contribution >= 4 is 11.4 Å². The van der Waals surface area contributed by atoms with Gasteiger partial charge in [-0.1, -0.05) is 12.1 Å². The summed E-state index contributed by atoms with van der Waals surface area (Å²) in [6.07, 6.45) is 0. The SMILES string of the molecule is N#Cc1cc([N+](=O)[O-])ccc1NC[C@H](c1ccc(F)cc1)[NH+]1CCOCC1. The van der Waals surface area contributed by atoms with Gasteiger partial charge >= 0.3 is 0 Å². The first-order chi connectivity index (χ1) is 13.1. The first-order valence-corrected chi connectivity index (χ1v) is 8.68. The number of non-ortho nitro benzene ring substituents is 1. The van der Waals surface area contributed by atoms with Gasteiger partial charge < -0.3 is 15.0 Å². The highest BCUT2D eigenvalue weighted by Gasteiger charge is 2.26. The second-order valence-corrected chi connectivity index (χ2v) is 6.35. The number of anilines is 1. The zero-order valence-electron chi connectivity index (χ0n) is 14.7. The summed E-state index contributed by atoms with van der Waals surface area (Å²) in [5.74, 6) is -0.287. The molecule has 1 saturated heterocycles. The van der Waals surface area contributed by atoms with Gasteiger partial charge in [-0.25, -0.2) is 4.39 Å². The molecule has 1 fully saturated rings. The molecule has 1 aliphatic heterocycles. The lowest BCUT2D eigenvalue weighted by atomic mass is 10.0. The Hall–Kier alpha value is -3.02. The van der Waals surface area contributed by atoms with Gasteiger partial charge in [-0.05, 0) is 18.2 Å². The number of nitro benzene ring substituents is 1. The largest absolute Gasteiger partial charge is 0.378 e. The van der Waals surface area contributed by atoms with E-state index >= 15 is 0 Å². The van der Waals surface area contributed by atoms with Crippen LogP contribution in [0.25, 0.3) is 0 Å². The Morgan fingerprint density at radius 3 is 2.59 bits per heavy atom. The van der Waals surface area contributed by atoms with E-state index in [0.717, 1.165) is 18.7 Å². The average Bonchev–Trinajstić information content (AvgIpc) is 2.70. The Morgan fingerprint density at radius 1 is 1.26 bits per heavy atom. The molecule has 1 heterocycles. The van der Waals surface area contributed by atoms with Crippen LogP contribution in [0.3, 0.4) is 0 Å². The number of nitro groups is 1. The fourth-order valence-corrected chi connectivity index (χ4v) is 3.28. The van der Waals surface area contributed by atoms with Gasteiger partial charge in [0.1, 0.15) is 31.0 Å². The van der Waals surface area contributed by atoms with Crippen LogP contribution in [-0.2, 0) is 4.74 Å². The lowest BCUT2D eigenvalue weighted by Crippen LogP contribution is -3.14. The quantitative estimate of drug-likeness (QED) is 0.595. The maximum absolute atomic E-state index is 13.3. The molecule has 0 aromatic heterocycles. The van der Waals surface area contributed by atoms with Gasteiger partial charge in [0.25, 0.3) is 5.69 Å². The van der Waals surface area contributed by atoms with Gasteiger partial charge in [-0.15, -0.1) is 0 Å². The molecule has 0 amide bonds. The summed E-state index contributed by atoms with van der Waals surface area (Å²) < 4.78 is 18.7. The predicted octanol–water partition coefficient (Wildman–Crippen LogP) is 1.67. The fraction of sp³-hybridized carbons (Fsp3) is 0.316. The van der Waals surface area contributed by atoms with Crippen LogP contribution in [-0.4, -0.2) is 37.8 Å². The van der Waals surface area contributed by atoms with E-state index in [-0.39, 0.29) is 23.1 Å². The number of benzene rings is 2. The number of nitrogens with one attached hydrogen (secondary N) is 2. The van der Waals surface area contributed by atoms with Crippen LogP contribution in [0, 0.1) is 27.3 Å². The Morgan fingerprint density at radius 2 is 1.96 bits per heavy atom. The van der Waals surface area contributed by atoms with E-state index in [9.17, 15) is 19.8 Å². The molecular weight excluding hydrogens is 351 g/mol. The molecule has 1 aliphatic rings. The maximum atomic E-state index is 13.3. The second-order valence-electron chi connectivity index (χ2n) is 6.35.